The lowest BCUT2D eigenvalue weighted by Gasteiger charge is -2.25. The van der Waals surface area contributed by atoms with Gasteiger partial charge in [-0.05, 0) is 48.0 Å². The van der Waals surface area contributed by atoms with Crippen LogP contribution >= 0.6 is 11.6 Å². The number of carbonyl (C=O) groups excluding carboxylic acids is 3. The van der Waals surface area contributed by atoms with E-state index >= 15 is 0 Å². The molecule has 1 fully saturated rings. The number of Topliss-reactive ketones (excluding diaryl/α,β-unsaturated/α-hetero) is 1. The fourth-order valence-electron chi connectivity index (χ4n) is 4.19. The van der Waals surface area contributed by atoms with Crippen molar-refractivity contribution in [2.24, 2.45) is 0 Å². The number of hydrogen-bond acceptors (Lipinski definition) is 8. The summed E-state index contributed by atoms with van der Waals surface area (Å²) < 4.78 is 15.7. The molecule has 1 amide bonds. The first-order valence-electron chi connectivity index (χ1n) is 11.2. The summed E-state index contributed by atoms with van der Waals surface area (Å²) in [5.74, 6) is -2.19. The van der Waals surface area contributed by atoms with Crippen molar-refractivity contribution in [3.63, 3.8) is 0 Å². The highest BCUT2D eigenvalue weighted by molar-refractivity contribution is 6.51. The maximum atomic E-state index is 13.4. The van der Waals surface area contributed by atoms with Crippen molar-refractivity contribution in [1.29, 1.82) is 5.26 Å². The Kier molecular flexibility index (Phi) is 7.37. The molecule has 3 aromatic carbocycles. The molecule has 192 valence electrons. The number of nitriles is 1. The van der Waals surface area contributed by atoms with E-state index in [2.05, 4.69) is 0 Å². The molecule has 1 aliphatic heterocycles. The van der Waals surface area contributed by atoms with Crippen molar-refractivity contribution in [3.05, 3.63) is 87.9 Å². The van der Waals surface area contributed by atoms with Gasteiger partial charge in [-0.1, -0.05) is 23.7 Å². The number of amides is 1. The van der Waals surface area contributed by atoms with Crippen molar-refractivity contribution < 1.29 is 33.7 Å². The first kappa shape index (κ1) is 26.3. The number of ketones is 1. The van der Waals surface area contributed by atoms with E-state index in [0.29, 0.717) is 16.8 Å². The largest absolute Gasteiger partial charge is 0.507 e. The van der Waals surface area contributed by atoms with Gasteiger partial charge >= 0.3 is 5.97 Å². The number of hydrogen-bond donors (Lipinski definition) is 1. The Morgan fingerprint density at radius 3 is 2.18 bits per heavy atom. The maximum Gasteiger partial charge on any atom is 0.308 e. The van der Waals surface area contributed by atoms with E-state index in [1.165, 1.54) is 74.6 Å². The van der Waals surface area contributed by atoms with E-state index in [1.54, 1.807) is 12.1 Å². The van der Waals surface area contributed by atoms with Gasteiger partial charge in [-0.3, -0.25) is 19.3 Å². The van der Waals surface area contributed by atoms with Crippen molar-refractivity contribution in [2.45, 2.75) is 13.0 Å². The Bertz CT molecular complexity index is 1510. The minimum Gasteiger partial charge on any atom is -0.507 e. The predicted molar refractivity (Wildman–Crippen MR) is 138 cm³/mol. The maximum absolute atomic E-state index is 13.4. The number of nitrogens with zero attached hydrogens (tertiary/aromatic N) is 2. The smallest absolute Gasteiger partial charge is 0.308 e. The number of rotatable bonds is 6. The van der Waals surface area contributed by atoms with Crippen LogP contribution in [0.5, 0.6) is 17.2 Å². The highest BCUT2D eigenvalue weighted by atomic mass is 35.5. The molecule has 3 aromatic rings. The zero-order valence-electron chi connectivity index (χ0n) is 20.5. The van der Waals surface area contributed by atoms with Crippen LogP contribution in [0.3, 0.4) is 0 Å². The molecule has 0 radical (unpaired) electrons. The molecular formula is C28H21ClN2O7. The van der Waals surface area contributed by atoms with E-state index in [1.807, 2.05) is 6.07 Å². The summed E-state index contributed by atoms with van der Waals surface area (Å²) in [5, 5.41) is 20.9. The molecule has 10 heteroatoms. The van der Waals surface area contributed by atoms with Crippen LogP contribution in [-0.2, 0) is 14.4 Å². The number of ether oxygens (including phenoxy) is 3. The molecule has 0 bridgehead atoms. The zero-order valence-corrected chi connectivity index (χ0v) is 21.3. The second kappa shape index (κ2) is 10.7. The summed E-state index contributed by atoms with van der Waals surface area (Å²) in [6.45, 7) is 1.27. The van der Waals surface area contributed by atoms with Gasteiger partial charge in [0.25, 0.3) is 11.7 Å². The Morgan fingerprint density at radius 1 is 1.00 bits per heavy atom. The Labute approximate surface area is 223 Å². The summed E-state index contributed by atoms with van der Waals surface area (Å²) in [6.07, 6.45) is 0. The van der Waals surface area contributed by atoms with Crippen LogP contribution in [0.4, 0.5) is 5.69 Å². The number of carbonyl (C=O) groups is 3. The molecule has 1 atom stereocenters. The Balaban J connectivity index is 1.95. The predicted octanol–water partition coefficient (Wildman–Crippen LogP) is 4.78. The van der Waals surface area contributed by atoms with Crippen molar-refractivity contribution in [2.75, 3.05) is 19.1 Å². The number of anilines is 1. The van der Waals surface area contributed by atoms with Crippen LogP contribution in [-0.4, -0.2) is 37.0 Å². The normalized spacial score (nSPS) is 16.2. The fourth-order valence-corrected chi connectivity index (χ4v) is 4.42. The molecule has 38 heavy (non-hydrogen) atoms. The third-order valence-electron chi connectivity index (χ3n) is 5.91. The first-order chi connectivity index (χ1) is 18.2. The minimum atomic E-state index is -1.07. The van der Waals surface area contributed by atoms with Gasteiger partial charge in [0.15, 0.2) is 0 Å². The van der Waals surface area contributed by atoms with Crippen molar-refractivity contribution >= 4 is 40.7 Å². The summed E-state index contributed by atoms with van der Waals surface area (Å²) >= 11 is 6.21. The van der Waals surface area contributed by atoms with Crippen molar-refractivity contribution in [3.8, 4) is 23.3 Å². The molecule has 1 saturated heterocycles. The molecule has 0 saturated carbocycles. The number of benzene rings is 3. The molecule has 0 aliphatic carbocycles. The number of halogens is 1. The minimum absolute atomic E-state index is 0.0908. The van der Waals surface area contributed by atoms with Crippen LogP contribution in [0, 0.1) is 11.3 Å². The summed E-state index contributed by atoms with van der Waals surface area (Å²) in [7, 11) is 2.77. The topological polar surface area (TPSA) is 126 Å². The number of aliphatic hydroxyl groups is 1. The molecule has 0 spiro atoms. The van der Waals surface area contributed by atoms with Crippen LogP contribution in [0.25, 0.3) is 5.76 Å². The van der Waals surface area contributed by atoms with E-state index in [4.69, 9.17) is 31.1 Å². The lowest BCUT2D eigenvalue weighted by molar-refractivity contribution is -0.132. The first-order valence-corrected chi connectivity index (χ1v) is 11.6. The van der Waals surface area contributed by atoms with E-state index in [-0.39, 0.29) is 33.4 Å². The van der Waals surface area contributed by atoms with Gasteiger partial charge in [0.1, 0.15) is 23.0 Å². The monoisotopic (exact) mass is 532 g/mol. The average Bonchev–Trinajstić information content (AvgIpc) is 3.18. The zero-order chi connectivity index (χ0) is 27.6. The van der Waals surface area contributed by atoms with Crippen LogP contribution in [0.15, 0.2) is 66.2 Å². The van der Waals surface area contributed by atoms with Gasteiger partial charge in [0, 0.05) is 18.7 Å². The van der Waals surface area contributed by atoms with E-state index in [9.17, 15) is 19.5 Å². The third-order valence-corrected chi connectivity index (χ3v) is 6.20. The Morgan fingerprint density at radius 2 is 1.63 bits per heavy atom. The summed E-state index contributed by atoms with van der Waals surface area (Å²) in [6, 6.07) is 16.1. The number of esters is 1. The fraction of sp³-hybridized carbons (Fsp3) is 0.143. The SMILES string of the molecule is COc1cc(/C(O)=C2\C(=O)C(=O)N(c3ccc(C#N)cc3)C2c2ccc(OC(C)=O)cc2)c(OC)cc1Cl. The second-order valence-electron chi connectivity index (χ2n) is 8.18. The molecule has 1 unspecified atom stereocenters. The van der Waals surface area contributed by atoms with Crippen LogP contribution < -0.4 is 19.1 Å². The molecule has 1 aliphatic rings. The summed E-state index contributed by atoms with van der Waals surface area (Å²) in [4.78, 5) is 39.4. The van der Waals surface area contributed by atoms with Gasteiger partial charge < -0.3 is 19.3 Å². The molecule has 1 N–H and O–H groups in total. The average molecular weight is 533 g/mol. The van der Waals surface area contributed by atoms with Crippen molar-refractivity contribution in [1.82, 2.24) is 0 Å². The molecule has 0 aromatic heterocycles. The lowest BCUT2D eigenvalue weighted by atomic mass is 9.94. The van der Waals surface area contributed by atoms with Crippen LogP contribution in [0.1, 0.15) is 29.7 Å². The number of methoxy groups -OCH3 is 2. The Hall–Kier alpha value is -4.81. The standard InChI is InChI=1S/C28H21ClN2O7/c1-15(32)38-19-10-6-17(7-11-19)25-24(26(33)20-12-23(37-3)21(29)13-22(20)36-2)27(34)28(35)31(25)18-8-4-16(14-30)5-9-18/h4-13,25,33H,1-3H3/b26-24+. The quantitative estimate of drug-likeness (QED) is 0.158. The van der Waals surface area contributed by atoms with Gasteiger partial charge in [0.05, 0.1) is 48.1 Å². The second-order valence-corrected chi connectivity index (χ2v) is 8.58. The highest BCUT2D eigenvalue weighted by Crippen LogP contribution is 2.45. The van der Waals surface area contributed by atoms with Gasteiger partial charge in [-0.25, -0.2) is 0 Å². The van der Waals surface area contributed by atoms with E-state index in [0.717, 1.165) is 0 Å². The molecule has 1 heterocycles. The third kappa shape index (κ3) is 4.77. The molecular weight excluding hydrogens is 512 g/mol. The van der Waals surface area contributed by atoms with Gasteiger partial charge in [-0.15, -0.1) is 0 Å². The molecule has 4 rings (SSSR count). The summed E-state index contributed by atoms with van der Waals surface area (Å²) in [5.41, 5.74) is 1.03. The van der Waals surface area contributed by atoms with Gasteiger partial charge in [-0.2, -0.15) is 5.26 Å². The van der Waals surface area contributed by atoms with Crippen LogP contribution in [0.2, 0.25) is 5.02 Å². The highest BCUT2D eigenvalue weighted by Gasteiger charge is 2.47. The molecule has 9 nitrogen and oxygen atoms in total. The number of aliphatic hydroxyl groups excluding tert-OH is 1. The van der Waals surface area contributed by atoms with E-state index < -0.39 is 29.5 Å². The lowest BCUT2D eigenvalue weighted by Crippen LogP contribution is -2.29. The van der Waals surface area contributed by atoms with Gasteiger partial charge in [0.2, 0.25) is 0 Å².